The number of nitrogens with two attached hydrogens (primary N) is 1. The standard InChI is InChI=1S/C44H78NO11P/c1-3-5-6-7-8-9-10-11-12-16-19-22-25-28-31-34-42(47)53-36-40(37-54-57(51,52)55-38-41(45)44(49)50)56-43(48)35-32-29-26-23-20-17-14-13-15-18-21-24-27-30-33-39(46)4-2/h14-15,17-18,23-24,26-27,39-41,46H,3-13,16,19-22,25,28-38,45H2,1-2H3,(H,49,50)(H,51,52)/b17-14-,18-15-,26-23-,27-24-. The number of carbonyl (C=O) groups is 3. The third-order valence-corrected chi connectivity index (χ3v) is 10.2. The Morgan fingerprint density at radius 2 is 1.07 bits per heavy atom. The maximum atomic E-state index is 12.6. The summed E-state index contributed by atoms with van der Waals surface area (Å²) in [6.45, 7) is 2.46. The van der Waals surface area contributed by atoms with E-state index in [0.29, 0.717) is 19.3 Å². The van der Waals surface area contributed by atoms with E-state index < -0.39 is 51.1 Å². The second-order valence-corrected chi connectivity index (χ2v) is 16.1. The number of rotatable bonds is 40. The molecule has 330 valence electrons. The van der Waals surface area contributed by atoms with E-state index in [4.69, 9.17) is 24.8 Å². The monoisotopic (exact) mass is 828 g/mol. The van der Waals surface area contributed by atoms with E-state index in [0.717, 1.165) is 57.8 Å². The Labute approximate surface area is 344 Å². The summed E-state index contributed by atoms with van der Waals surface area (Å²) in [5.41, 5.74) is 5.32. The van der Waals surface area contributed by atoms with Gasteiger partial charge in [-0.2, -0.15) is 0 Å². The summed E-state index contributed by atoms with van der Waals surface area (Å²) in [5.74, 6) is -2.47. The van der Waals surface area contributed by atoms with Gasteiger partial charge in [0, 0.05) is 12.8 Å². The van der Waals surface area contributed by atoms with Gasteiger partial charge >= 0.3 is 25.7 Å². The summed E-state index contributed by atoms with van der Waals surface area (Å²) in [7, 11) is -4.74. The third-order valence-electron chi connectivity index (χ3n) is 9.24. The van der Waals surface area contributed by atoms with E-state index in [2.05, 4.69) is 47.9 Å². The van der Waals surface area contributed by atoms with Gasteiger partial charge in [-0.25, -0.2) is 4.57 Å². The number of ether oxygens (including phenoxy) is 2. The fourth-order valence-electron chi connectivity index (χ4n) is 5.63. The number of hydrogen-bond acceptors (Lipinski definition) is 10. The Morgan fingerprint density at radius 3 is 1.58 bits per heavy atom. The number of carboxylic acids is 1. The molecule has 0 aromatic heterocycles. The van der Waals surface area contributed by atoms with Crippen LogP contribution in [0.2, 0.25) is 0 Å². The molecular weight excluding hydrogens is 749 g/mol. The molecule has 0 aliphatic carbocycles. The van der Waals surface area contributed by atoms with Crippen molar-refractivity contribution in [3.8, 4) is 0 Å². The SMILES string of the molecule is CCCCCCCCCCCCCCCCCC(=O)OCC(COP(=O)(O)OCC(N)C(=O)O)OC(=O)CCC/C=C\C/C=C\C/C=C\C/C=C\CCC(O)CC. The van der Waals surface area contributed by atoms with E-state index in [1.165, 1.54) is 70.6 Å². The van der Waals surface area contributed by atoms with E-state index in [-0.39, 0.29) is 25.6 Å². The van der Waals surface area contributed by atoms with Gasteiger partial charge in [0.1, 0.15) is 12.6 Å². The molecule has 57 heavy (non-hydrogen) atoms. The van der Waals surface area contributed by atoms with Gasteiger partial charge in [-0.15, -0.1) is 0 Å². The van der Waals surface area contributed by atoms with Crippen molar-refractivity contribution in [3.05, 3.63) is 48.6 Å². The first kappa shape index (κ1) is 54.4. The van der Waals surface area contributed by atoms with Crippen LogP contribution < -0.4 is 5.73 Å². The molecule has 0 aliphatic rings. The summed E-state index contributed by atoms with van der Waals surface area (Å²) in [5, 5.41) is 18.4. The second kappa shape index (κ2) is 38.9. The number of hydrogen-bond donors (Lipinski definition) is 4. The molecule has 0 bridgehead atoms. The van der Waals surface area contributed by atoms with Gasteiger partial charge in [-0.3, -0.25) is 23.4 Å². The molecule has 13 heteroatoms. The zero-order valence-corrected chi connectivity index (χ0v) is 36.2. The lowest BCUT2D eigenvalue weighted by molar-refractivity contribution is -0.161. The maximum absolute atomic E-state index is 12.6. The van der Waals surface area contributed by atoms with Crippen molar-refractivity contribution in [2.24, 2.45) is 5.73 Å². The molecule has 0 fully saturated rings. The van der Waals surface area contributed by atoms with Crippen LogP contribution in [0.5, 0.6) is 0 Å². The molecule has 0 amide bonds. The van der Waals surface area contributed by atoms with Gasteiger partial charge in [-0.05, 0) is 57.8 Å². The normalized spacial score (nSPS) is 14.8. The summed E-state index contributed by atoms with van der Waals surface area (Å²) >= 11 is 0. The number of allylic oxidation sites excluding steroid dienone is 8. The minimum Gasteiger partial charge on any atom is -0.480 e. The minimum atomic E-state index is -4.74. The molecule has 0 rings (SSSR count). The number of phosphoric acid groups is 1. The average molecular weight is 828 g/mol. The van der Waals surface area contributed by atoms with Crippen LogP contribution >= 0.6 is 7.82 Å². The highest BCUT2D eigenvalue weighted by Gasteiger charge is 2.28. The Balaban J connectivity index is 4.47. The van der Waals surface area contributed by atoms with Crippen molar-refractivity contribution in [1.82, 2.24) is 0 Å². The highest BCUT2D eigenvalue weighted by atomic mass is 31.2. The van der Waals surface area contributed by atoms with Crippen LogP contribution in [0.15, 0.2) is 48.6 Å². The number of phosphoric ester groups is 1. The molecular formula is C44H78NO11P. The number of carboxylic acid groups (broad SMARTS) is 1. The molecule has 4 atom stereocenters. The molecule has 0 aromatic rings. The van der Waals surface area contributed by atoms with Crippen molar-refractivity contribution in [2.45, 2.75) is 193 Å². The predicted octanol–water partition coefficient (Wildman–Crippen LogP) is 10.4. The van der Waals surface area contributed by atoms with Crippen molar-refractivity contribution < 1.29 is 52.6 Å². The van der Waals surface area contributed by atoms with E-state index in [1.807, 2.05) is 19.1 Å². The Morgan fingerprint density at radius 1 is 0.614 bits per heavy atom. The van der Waals surface area contributed by atoms with Crippen molar-refractivity contribution >= 4 is 25.7 Å². The van der Waals surface area contributed by atoms with Crippen LogP contribution in [0.25, 0.3) is 0 Å². The first-order chi connectivity index (χ1) is 27.5. The quantitative estimate of drug-likeness (QED) is 0.0198. The van der Waals surface area contributed by atoms with Gasteiger partial charge in [0.05, 0.1) is 19.3 Å². The van der Waals surface area contributed by atoms with Crippen LogP contribution in [0, 0.1) is 0 Å². The first-order valence-electron chi connectivity index (χ1n) is 21.7. The third kappa shape index (κ3) is 38.7. The summed E-state index contributed by atoms with van der Waals surface area (Å²) in [6.07, 6.45) is 39.8. The minimum absolute atomic E-state index is 0.0723. The van der Waals surface area contributed by atoms with Crippen LogP contribution in [0.3, 0.4) is 0 Å². The first-order valence-corrected chi connectivity index (χ1v) is 23.2. The van der Waals surface area contributed by atoms with Gasteiger partial charge in [0.2, 0.25) is 0 Å². The summed E-state index contributed by atoms with van der Waals surface area (Å²) in [6, 6.07) is -1.54. The van der Waals surface area contributed by atoms with Crippen molar-refractivity contribution in [2.75, 3.05) is 19.8 Å². The average Bonchev–Trinajstić information content (AvgIpc) is 3.19. The molecule has 12 nitrogen and oxygen atoms in total. The Hall–Kier alpha value is -2.60. The number of aliphatic carboxylic acids is 1. The summed E-state index contributed by atoms with van der Waals surface area (Å²) < 4.78 is 32.6. The largest absolute Gasteiger partial charge is 0.480 e. The van der Waals surface area contributed by atoms with Crippen molar-refractivity contribution in [1.29, 1.82) is 0 Å². The number of aliphatic hydroxyl groups excluding tert-OH is 1. The highest BCUT2D eigenvalue weighted by molar-refractivity contribution is 7.47. The van der Waals surface area contributed by atoms with Crippen LogP contribution in [-0.4, -0.2) is 71.1 Å². The lowest BCUT2D eigenvalue weighted by Crippen LogP contribution is -2.34. The Kier molecular flexibility index (Phi) is 37.1. The number of esters is 2. The molecule has 4 unspecified atom stereocenters. The molecule has 0 saturated heterocycles. The molecule has 0 heterocycles. The maximum Gasteiger partial charge on any atom is 0.472 e. The zero-order valence-electron chi connectivity index (χ0n) is 35.3. The fourth-order valence-corrected chi connectivity index (χ4v) is 6.40. The van der Waals surface area contributed by atoms with Gasteiger partial charge in [-0.1, -0.05) is 152 Å². The molecule has 0 aliphatic heterocycles. The summed E-state index contributed by atoms with van der Waals surface area (Å²) in [4.78, 5) is 45.9. The van der Waals surface area contributed by atoms with Gasteiger partial charge in [0.25, 0.3) is 0 Å². The Bertz CT molecular complexity index is 1170. The van der Waals surface area contributed by atoms with Gasteiger partial charge in [0.15, 0.2) is 6.10 Å². The van der Waals surface area contributed by atoms with Crippen LogP contribution in [-0.2, 0) is 37.5 Å². The number of aliphatic hydroxyl groups is 1. The molecule has 0 saturated carbocycles. The van der Waals surface area contributed by atoms with Crippen LogP contribution in [0.4, 0.5) is 0 Å². The molecule has 0 aromatic carbocycles. The number of carbonyl (C=O) groups excluding carboxylic acids is 2. The van der Waals surface area contributed by atoms with E-state index in [1.54, 1.807) is 0 Å². The molecule has 0 spiro atoms. The second-order valence-electron chi connectivity index (χ2n) is 14.6. The molecule has 5 N–H and O–H groups in total. The lowest BCUT2D eigenvalue weighted by atomic mass is 10.0. The smallest absolute Gasteiger partial charge is 0.472 e. The van der Waals surface area contributed by atoms with Gasteiger partial charge < -0.3 is 30.3 Å². The van der Waals surface area contributed by atoms with Crippen LogP contribution in [0.1, 0.15) is 174 Å². The molecule has 0 radical (unpaired) electrons. The number of unbranched alkanes of at least 4 members (excludes halogenated alkanes) is 15. The lowest BCUT2D eigenvalue weighted by Gasteiger charge is -2.20. The topological polar surface area (TPSA) is 192 Å². The van der Waals surface area contributed by atoms with E-state index in [9.17, 15) is 28.9 Å². The highest BCUT2D eigenvalue weighted by Crippen LogP contribution is 2.43. The zero-order chi connectivity index (χ0) is 42.2. The fraction of sp³-hybridized carbons (Fsp3) is 0.750. The van der Waals surface area contributed by atoms with Crippen molar-refractivity contribution in [3.63, 3.8) is 0 Å². The predicted molar refractivity (Wildman–Crippen MR) is 228 cm³/mol. The van der Waals surface area contributed by atoms with E-state index >= 15 is 0 Å².